The summed E-state index contributed by atoms with van der Waals surface area (Å²) in [6.07, 6.45) is 1.12. The van der Waals surface area contributed by atoms with Gasteiger partial charge in [0, 0.05) is 11.8 Å². The second-order valence-electron chi connectivity index (χ2n) is 3.70. The molecular formula is C11H10N2O5S. The van der Waals surface area contributed by atoms with E-state index in [9.17, 15) is 13.2 Å². The van der Waals surface area contributed by atoms with Crippen LogP contribution in [0, 0.1) is 0 Å². The van der Waals surface area contributed by atoms with Gasteiger partial charge in [-0.1, -0.05) is 0 Å². The number of nitrogens with zero attached hydrogens (tertiary/aromatic N) is 2. The van der Waals surface area contributed by atoms with E-state index in [0.29, 0.717) is 5.56 Å². The maximum atomic E-state index is 11.3. The summed E-state index contributed by atoms with van der Waals surface area (Å²) in [5, 5.41) is 7.21. The van der Waals surface area contributed by atoms with E-state index < -0.39 is 15.8 Å². The minimum atomic E-state index is -3.25. The average molecular weight is 282 g/mol. The standard InChI is InChI=1S/C11H10N2O5S/c1-17-11(14)10-13-12-9(18-10)7-3-5-8(6-4-7)19(2,15)16/h3-6H,1-2H3. The van der Waals surface area contributed by atoms with Crippen molar-refractivity contribution in [1.29, 1.82) is 0 Å². The van der Waals surface area contributed by atoms with Gasteiger partial charge in [0.1, 0.15) is 0 Å². The van der Waals surface area contributed by atoms with Gasteiger partial charge >= 0.3 is 11.9 Å². The molecule has 1 aromatic heterocycles. The lowest BCUT2D eigenvalue weighted by atomic mass is 10.2. The number of hydrogen-bond donors (Lipinski definition) is 0. The molecular weight excluding hydrogens is 272 g/mol. The molecule has 8 heteroatoms. The highest BCUT2D eigenvalue weighted by atomic mass is 32.2. The van der Waals surface area contributed by atoms with E-state index in [2.05, 4.69) is 14.9 Å². The first-order valence-corrected chi connectivity index (χ1v) is 7.03. The zero-order valence-corrected chi connectivity index (χ0v) is 11.0. The van der Waals surface area contributed by atoms with Crippen LogP contribution in [0.2, 0.25) is 0 Å². The number of sulfone groups is 1. The van der Waals surface area contributed by atoms with Crippen molar-refractivity contribution in [1.82, 2.24) is 10.2 Å². The summed E-state index contributed by atoms with van der Waals surface area (Å²) in [5.74, 6) is -0.878. The number of aromatic nitrogens is 2. The van der Waals surface area contributed by atoms with Crippen LogP contribution in [0.1, 0.15) is 10.7 Å². The van der Waals surface area contributed by atoms with Crippen LogP contribution in [0.3, 0.4) is 0 Å². The molecule has 7 nitrogen and oxygen atoms in total. The Morgan fingerprint density at radius 1 is 1.21 bits per heavy atom. The third kappa shape index (κ3) is 2.79. The molecule has 0 fully saturated rings. The van der Waals surface area contributed by atoms with Gasteiger partial charge in [0.05, 0.1) is 12.0 Å². The summed E-state index contributed by atoms with van der Waals surface area (Å²) >= 11 is 0. The Bertz CT molecular complexity index is 703. The van der Waals surface area contributed by atoms with Gasteiger partial charge in [0.2, 0.25) is 5.89 Å². The maximum Gasteiger partial charge on any atom is 0.396 e. The molecule has 0 saturated carbocycles. The van der Waals surface area contributed by atoms with Crippen LogP contribution in [0.25, 0.3) is 11.5 Å². The van der Waals surface area contributed by atoms with Gasteiger partial charge in [-0.3, -0.25) is 0 Å². The number of esters is 1. The normalized spacial score (nSPS) is 11.3. The molecule has 0 radical (unpaired) electrons. The lowest BCUT2D eigenvalue weighted by Gasteiger charge is -1.98. The highest BCUT2D eigenvalue weighted by molar-refractivity contribution is 7.90. The SMILES string of the molecule is COC(=O)c1nnc(-c2ccc(S(C)(=O)=O)cc2)o1. The fourth-order valence-corrected chi connectivity index (χ4v) is 1.98. The van der Waals surface area contributed by atoms with Crippen LogP contribution in [-0.4, -0.2) is 38.0 Å². The van der Waals surface area contributed by atoms with E-state index in [0.717, 1.165) is 6.26 Å². The first-order valence-electron chi connectivity index (χ1n) is 5.14. The number of methoxy groups -OCH3 is 1. The Kier molecular flexibility index (Phi) is 3.34. The molecule has 0 aliphatic heterocycles. The molecule has 0 N–H and O–H groups in total. The number of carbonyl (C=O) groups excluding carboxylic acids is 1. The van der Waals surface area contributed by atoms with E-state index in [4.69, 9.17) is 4.42 Å². The van der Waals surface area contributed by atoms with Gasteiger partial charge in [-0.25, -0.2) is 13.2 Å². The Morgan fingerprint density at radius 2 is 1.84 bits per heavy atom. The fourth-order valence-electron chi connectivity index (χ4n) is 1.35. The van der Waals surface area contributed by atoms with Gasteiger partial charge < -0.3 is 9.15 Å². The second-order valence-corrected chi connectivity index (χ2v) is 5.72. The Morgan fingerprint density at radius 3 is 2.37 bits per heavy atom. The molecule has 0 unspecified atom stereocenters. The van der Waals surface area contributed by atoms with E-state index in [-0.39, 0.29) is 16.7 Å². The summed E-state index contributed by atoms with van der Waals surface area (Å²) in [4.78, 5) is 11.3. The molecule has 0 amide bonds. The lowest BCUT2D eigenvalue weighted by molar-refractivity contribution is 0.0556. The summed E-state index contributed by atoms with van der Waals surface area (Å²) < 4.78 is 32.1. The van der Waals surface area contributed by atoms with E-state index >= 15 is 0 Å². The summed E-state index contributed by atoms with van der Waals surface area (Å²) in [5.41, 5.74) is 0.509. The first kappa shape index (κ1) is 13.2. The van der Waals surface area contributed by atoms with Crippen molar-refractivity contribution < 1.29 is 22.4 Å². The van der Waals surface area contributed by atoms with Crippen molar-refractivity contribution in [2.75, 3.05) is 13.4 Å². The second kappa shape index (κ2) is 4.81. The summed E-state index contributed by atoms with van der Waals surface area (Å²) in [6.45, 7) is 0. The highest BCUT2D eigenvalue weighted by Crippen LogP contribution is 2.20. The van der Waals surface area contributed by atoms with Crippen molar-refractivity contribution in [3.63, 3.8) is 0 Å². The van der Waals surface area contributed by atoms with E-state index in [1.54, 1.807) is 0 Å². The van der Waals surface area contributed by atoms with E-state index in [1.165, 1.54) is 31.4 Å². The van der Waals surface area contributed by atoms with Gasteiger partial charge in [-0.2, -0.15) is 0 Å². The summed E-state index contributed by atoms with van der Waals surface area (Å²) in [7, 11) is -2.05. The van der Waals surface area contributed by atoms with Crippen LogP contribution in [-0.2, 0) is 14.6 Å². The third-order valence-electron chi connectivity index (χ3n) is 2.31. The molecule has 2 rings (SSSR count). The van der Waals surface area contributed by atoms with Crippen LogP contribution < -0.4 is 0 Å². The molecule has 100 valence electrons. The summed E-state index contributed by atoms with van der Waals surface area (Å²) in [6, 6.07) is 5.88. The molecule has 19 heavy (non-hydrogen) atoms. The molecule has 1 heterocycles. The Hall–Kier alpha value is -2.22. The molecule has 1 aromatic carbocycles. The minimum Gasteiger partial charge on any atom is -0.462 e. The third-order valence-corrected chi connectivity index (χ3v) is 3.44. The van der Waals surface area contributed by atoms with Crippen LogP contribution in [0.15, 0.2) is 33.6 Å². The number of hydrogen-bond acceptors (Lipinski definition) is 7. The van der Waals surface area contributed by atoms with Crippen molar-refractivity contribution in [3.8, 4) is 11.5 Å². The fraction of sp³-hybridized carbons (Fsp3) is 0.182. The van der Waals surface area contributed by atoms with Crippen molar-refractivity contribution in [2.24, 2.45) is 0 Å². The quantitative estimate of drug-likeness (QED) is 0.772. The van der Waals surface area contributed by atoms with Gasteiger partial charge in [-0.05, 0) is 24.3 Å². The topological polar surface area (TPSA) is 99.4 Å². The van der Waals surface area contributed by atoms with E-state index in [1.807, 2.05) is 0 Å². The maximum absolute atomic E-state index is 11.3. The first-order chi connectivity index (χ1) is 8.91. The number of benzene rings is 1. The zero-order chi connectivity index (χ0) is 14.0. The lowest BCUT2D eigenvalue weighted by Crippen LogP contribution is -2.00. The molecule has 0 spiro atoms. The van der Waals surface area contributed by atoms with Gasteiger partial charge in [-0.15, -0.1) is 10.2 Å². The number of carbonyl (C=O) groups is 1. The number of rotatable bonds is 3. The van der Waals surface area contributed by atoms with Crippen LogP contribution in [0.4, 0.5) is 0 Å². The molecule has 0 aliphatic rings. The molecule has 0 bridgehead atoms. The Balaban J connectivity index is 2.33. The molecule has 0 atom stereocenters. The van der Waals surface area contributed by atoms with Gasteiger partial charge in [0.15, 0.2) is 9.84 Å². The predicted octanol–water partition coefficient (Wildman–Crippen LogP) is 0.927. The Labute approximate surface area is 109 Å². The number of ether oxygens (including phenoxy) is 1. The predicted molar refractivity (Wildman–Crippen MR) is 64.2 cm³/mol. The van der Waals surface area contributed by atoms with Crippen molar-refractivity contribution in [2.45, 2.75) is 4.90 Å². The molecule has 0 aliphatic carbocycles. The smallest absolute Gasteiger partial charge is 0.396 e. The van der Waals surface area contributed by atoms with Crippen LogP contribution in [0.5, 0.6) is 0 Å². The largest absolute Gasteiger partial charge is 0.462 e. The van der Waals surface area contributed by atoms with Crippen LogP contribution >= 0.6 is 0 Å². The highest BCUT2D eigenvalue weighted by Gasteiger charge is 2.16. The monoisotopic (exact) mass is 282 g/mol. The average Bonchev–Trinajstić information content (AvgIpc) is 2.86. The molecule has 2 aromatic rings. The van der Waals surface area contributed by atoms with Crippen molar-refractivity contribution in [3.05, 3.63) is 30.2 Å². The zero-order valence-electron chi connectivity index (χ0n) is 10.2. The van der Waals surface area contributed by atoms with Gasteiger partial charge in [0.25, 0.3) is 0 Å². The minimum absolute atomic E-state index is 0.112. The molecule has 0 saturated heterocycles. The van der Waals surface area contributed by atoms with Crippen molar-refractivity contribution >= 4 is 15.8 Å².